The molecule has 0 saturated carbocycles. The molecule has 0 aliphatic heterocycles. The Balaban J connectivity index is 1.99. The lowest BCUT2D eigenvalue weighted by Gasteiger charge is -2.08. The molecule has 21 heavy (non-hydrogen) atoms. The first kappa shape index (κ1) is 16.1. The molecular formula is C14H15Cl2N3OS. The topological polar surface area (TPSA) is 54.0 Å². The van der Waals surface area contributed by atoms with Gasteiger partial charge in [0.05, 0.1) is 18.7 Å². The molecule has 0 atom stereocenters. The van der Waals surface area contributed by atoms with Crippen molar-refractivity contribution in [3.8, 4) is 0 Å². The standard InChI is InChI=1S/C14H15Cl2N3OS/c1-8-11(15)3-9(4-12(8)16)18-6-10-7-21-14(19-10)5-13(20)17-2/h3-4,7,18H,5-6H2,1-2H3,(H,17,20). The Bertz CT molecular complexity index is 634. The molecule has 2 aromatic rings. The van der Waals surface area contributed by atoms with Crippen LogP contribution in [0.2, 0.25) is 10.0 Å². The smallest absolute Gasteiger partial charge is 0.226 e. The Labute approximate surface area is 137 Å². The Morgan fingerprint density at radius 2 is 2.00 bits per heavy atom. The molecule has 7 heteroatoms. The summed E-state index contributed by atoms with van der Waals surface area (Å²) in [5.41, 5.74) is 2.59. The van der Waals surface area contributed by atoms with Crippen molar-refractivity contribution in [2.24, 2.45) is 0 Å². The Hall–Kier alpha value is -1.30. The quantitative estimate of drug-likeness (QED) is 0.870. The number of likely N-dealkylation sites (N-methyl/N-ethyl adjacent to an activating group) is 1. The summed E-state index contributed by atoms with van der Waals surface area (Å²) < 4.78 is 0. The number of carbonyl (C=O) groups excluding carboxylic acids is 1. The van der Waals surface area contributed by atoms with E-state index in [1.165, 1.54) is 11.3 Å². The number of carbonyl (C=O) groups is 1. The summed E-state index contributed by atoms with van der Waals surface area (Å²) >= 11 is 13.7. The number of hydrogen-bond donors (Lipinski definition) is 2. The monoisotopic (exact) mass is 343 g/mol. The molecule has 4 nitrogen and oxygen atoms in total. The van der Waals surface area contributed by atoms with Crippen LogP contribution in [0.15, 0.2) is 17.5 Å². The van der Waals surface area contributed by atoms with E-state index >= 15 is 0 Å². The number of nitrogens with zero attached hydrogens (tertiary/aromatic N) is 1. The van der Waals surface area contributed by atoms with E-state index in [1.54, 1.807) is 7.05 Å². The van der Waals surface area contributed by atoms with Gasteiger partial charge in [0.2, 0.25) is 5.91 Å². The van der Waals surface area contributed by atoms with Crippen molar-refractivity contribution in [2.45, 2.75) is 19.9 Å². The van der Waals surface area contributed by atoms with Gasteiger partial charge in [0.25, 0.3) is 0 Å². The van der Waals surface area contributed by atoms with E-state index in [-0.39, 0.29) is 5.91 Å². The molecule has 0 radical (unpaired) electrons. The first-order chi connectivity index (χ1) is 9.99. The number of amides is 1. The number of hydrogen-bond acceptors (Lipinski definition) is 4. The second kappa shape index (κ2) is 7.11. The minimum atomic E-state index is -0.0408. The highest BCUT2D eigenvalue weighted by Gasteiger charge is 2.07. The zero-order chi connectivity index (χ0) is 15.4. The van der Waals surface area contributed by atoms with Gasteiger partial charge in [0, 0.05) is 28.2 Å². The highest BCUT2D eigenvalue weighted by molar-refractivity contribution is 7.09. The molecule has 0 aliphatic carbocycles. The van der Waals surface area contributed by atoms with Crippen LogP contribution >= 0.6 is 34.5 Å². The fourth-order valence-electron chi connectivity index (χ4n) is 1.68. The van der Waals surface area contributed by atoms with Gasteiger partial charge in [-0.1, -0.05) is 23.2 Å². The number of anilines is 1. The molecule has 1 aromatic heterocycles. The van der Waals surface area contributed by atoms with Gasteiger partial charge in [-0.05, 0) is 24.6 Å². The van der Waals surface area contributed by atoms with Gasteiger partial charge in [-0.15, -0.1) is 11.3 Å². The second-order valence-electron chi connectivity index (χ2n) is 4.50. The van der Waals surface area contributed by atoms with E-state index in [9.17, 15) is 4.79 Å². The first-order valence-corrected chi connectivity index (χ1v) is 7.96. The summed E-state index contributed by atoms with van der Waals surface area (Å²) in [6.07, 6.45) is 0.309. The highest BCUT2D eigenvalue weighted by Crippen LogP contribution is 2.28. The van der Waals surface area contributed by atoms with Gasteiger partial charge >= 0.3 is 0 Å². The predicted octanol–water partition coefficient (Wildman–Crippen LogP) is 3.66. The molecule has 0 aliphatic rings. The third-order valence-corrected chi connectivity index (χ3v) is 4.63. The average molecular weight is 344 g/mol. The highest BCUT2D eigenvalue weighted by atomic mass is 35.5. The average Bonchev–Trinajstić information content (AvgIpc) is 2.89. The maximum absolute atomic E-state index is 11.3. The van der Waals surface area contributed by atoms with Crippen LogP contribution in [0.1, 0.15) is 16.3 Å². The van der Waals surface area contributed by atoms with E-state index < -0.39 is 0 Å². The SMILES string of the molecule is CNC(=O)Cc1nc(CNc2cc(Cl)c(C)c(Cl)c2)cs1. The fraction of sp³-hybridized carbons (Fsp3) is 0.286. The molecule has 2 N–H and O–H groups in total. The molecule has 112 valence electrons. The van der Waals surface area contributed by atoms with Crippen LogP contribution in [0.4, 0.5) is 5.69 Å². The van der Waals surface area contributed by atoms with Crippen LogP contribution in [0.5, 0.6) is 0 Å². The Kier molecular flexibility index (Phi) is 5.45. The third kappa shape index (κ3) is 4.33. The molecule has 0 saturated heterocycles. The molecule has 0 spiro atoms. The van der Waals surface area contributed by atoms with Gasteiger partial charge in [-0.3, -0.25) is 4.79 Å². The number of benzene rings is 1. The van der Waals surface area contributed by atoms with Crippen molar-refractivity contribution in [1.29, 1.82) is 0 Å². The molecule has 2 rings (SSSR count). The number of rotatable bonds is 5. The number of aromatic nitrogens is 1. The van der Waals surface area contributed by atoms with Crippen LogP contribution in [-0.2, 0) is 17.8 Å². The van der Waals surface area contributed by atoms with E-state index in [1.807, 2.05) is 24.4 Å². The van der Waals surface area contributed by atoms with Crippen LogP contribution < -0.4 is 10.6 Å². The zero-order valence-electron chi connectivity index (χ0n) is 11.7. The molecular weight excluding hydrogens is 329 g/mol. The van der Waals surface area contributed by atoms with E-state index in [0.29, 0.717) is 23.0 Å². The van der Waals surface area contributed by atoms with E-state index in [4.69, 9.17) is 23.2 Å². The zero-order valence-corrected chi connectivity index (χ0v) is 14.0. The van der Waals surface area contributed by atoms with Crippen LogP contribution in [0.25, 0.3) is 0 Å². The number of thiazole rings is 1. The second-order valence-corrected chi connectivity index (χ2v) is 6.26. The van der Waals surface area contributed by atoms with Crippen molar-refractivity contribution < 1.29 is 4.79 Å². The Morgan fingerprint density at radius 1 is 1.33 bits per heavy atom. The molecule has 1 heterocycles. The van der Waals surface area contributed by atoms with Crippen molar-refractivity contribution in [2.75, 3.05) is 12.4 Å². The van der Waals surface area contributed by atoms with Gasteiger partial charge < -0.3 is 10.6 Å². The molecule has 0 unspecified atom stereocenters. The maximum atomic E-state index is 11.3. The Morgan fingerprint density at radius 3 is 2.62 bits per heavy atom. The lowest BCUT2D eigenvalue weighted by molar-refractivity contribution is -0.119. The summed E-state index contributed by atoms with van der Waals surface area (Å²) in [6, 6.07) is 3.67. The first-order valence-electron chi connectivity index (χ1n) is 6.33. The number of halogens is 2. The predicted molar refractivity (Wildman–Crippen MR) is 88.4 cm³/mol. The van der Waals surface area contributed by atoms with Gasteiger partial charge in [0.15, 0.2) is 0 Å². The van der Waals surface area contributed by atoms with Crippen molar-refractivity contribution >= 4 is 46.1 Å². The summed E-state index contributed by atoms with van der Waals surface area (Å²) in [4.78, 5) is 15.7. The molecule has 1 amide bonds. The maximum Gasteiger partial charge on any atom is 0.226 e. The molecule has 1 aromatic carbocycles. The lowest BCUT2D eigenvalue weighted by atomic mass is 10.2. The van der Waals surface area contributed by atoms with Crippen molar-refractivity contribution in [3.63, 3.8) is 0 Å². The van der Waals surface area contributed by atoms with Crippen LogP contribution in [-0.4, -0.2) is 17.9 Å². The lowest BCUT2D eigenvalue weighted by Crippen LogP contribution is -2.19. The summed E-state index contributed by atoms with van der Waals surface area (Å²) in [5.74, 6) is -0.0408. The largest absolute Gasteiger partial charge is 0.379 e. The van der Waals surface area contributed by atoms with E-state index in [2.05, 4.69) is 15.6 Å². The van der Waals surface area contributed by atoms with Gasteiger partial charge in [-0.25, -0.2) is 4.98 Å². The van der Waals surface area contributed by atoms with Gasteiger partial charge in [0.1, 0.15) is 5.01 Å². The third-order valence-electron chi connectivity index (χ3n) is 2.94. The van der Waals surface area contributed by atoms with Crippen molar-refractivity contribution in [1.82, 2.24) is 10.3 Å². The molecule has 0 fully saturated rings. The summed E-state index contributed by atoms with van der Waals surface area (Å²) in [6.45, 7) is 2.43. The van der Waals surface area contributed by atoms with E-state index in [0.717, 1.165) is 22.0 Å². The van der Waals surface area contributed by atoms with Crippen LogP contribution in [0, 0.1) is 6.92 Å². The summed E-state index contributed by atoms with van der Waals surface area (Å²) in [5, 5.41) is 9.79. The van der Waals surface area contributed by atoms with Crippen LogP contribution in [0.3, 0.4) is 0 Å². The van der Waals surface area contributed by atoms with Gasteiger partial charge in [-0.2, -0.15) is 0 Å². The van der Waals surface area contributed by atoms with Crippen molar-refractivity contribution in [3.05, 3.63) is 43.8 Å². The molecule has 0 bridgehead atoms. The fourth-order valence-corrected chi connectivity index (χ4v) is 2.96. The summed E-state index contributed by atoms with van der Waals surface area (Å²) in [7, 11) is 1.61. The normalized spacial score (nSPS) is 10.5. The minimum absolute atomic E-state index is 0.0408. The minimum Gasteiger partial charge on any atom is -0.379 e. The number of nitrogens with one attached hydrogen (secondary N) is 2.